The average Bonchev–Trinajstić information content (AvgIpc) is 2.73. The molecule has 1 N–H and O–H groups in total. The smallest absolute Gasteiger partial charge is 0.307 e. The Hall–Kier alpha value is -3.29. The van der Waals surface area contributed by atoms with Crippen LogP contribution in [0.3, 0.4) is 0 Å². The van der Waals surface area contributed by atoms with Crippen LogP contribution >= 0.6 is 0 Å². The van der Waals surface area contributed by atoms with E-state index in [0.717, 1.165) is 24.6 Å². The van der Waals surface area contributed by atoms with Gasteiger partial charge in [0.15, 0.2) is 11.9 Å². The van der Waals surface area contributed by atoms with Crippen LogP contribution in [-0.2, 0) is 14.3 Å². The zero-order chi connectivity index (χ0) is 22.1. The number of ether oxygens (including phenoxy) is 2. The first-order valence-electron chi connectivity index (χ1n) is 9.51. The van der Waals surface area contributed by atoms with Crippen LogP contribution in [0, 0.1) is 11.6 Å². The van der Waals surface area contributed by atoms with Crippen LogP contribution in [0.25, 0.3) is 0 Å². The fourth-order valence-corrected chi connectivity index (χ4v) is 2.45. The molecule has 0 aliphatic carbocycles. The molecule has 2 aromatic rings. The Balaban J connectivity index is 1.81. The SMILES string of the molecule is CCCOc1ccc(C(=O)CCC(=O)O[C@@H](C)C(=O)Nc2cc(F)ccc2F)cc1. The maximum atomic E-state index is 13.6. The Morgan fingerprint density at radius 2 is 1.73 bits per heavy atom. The first kappa shape index (κ1) is 23.0. The molecule has 0 saturated carbocycles. The Labute approximate surface area is 173 Å². The summed E-state index contributed by atoms with van der Waals surface area (Å²) in [7, 11) is 0. The molecule has 0 spiro atoms. The third-order valence-corrected chi connectivity index (χ3v) is 4.07. The summed E-state index contributed by atoms with van der Waals surface area (Å²) in [5, 5.41) is 2.16. The second kappa shape index (κ2) is 11.0. The van der Waals surface area contributed by atoms with Crippen LogP contribution in [0.5, 0.6) is 5.75 Å². The van der Waals surface area contributed by atoms with Crippen molar-refractivity contribution in [1.29, 1.82) is 0 Å². The van der Waals surface area contributed by atoms with Crippen LogP contribution in [0.15, 0.2) is 42.5 Å². The number of amides is 1. The van der Waals surface area contributed by atoms with Crippen molar-refractivity contribution >= 4 is 23.3 Å². The van der Waals surface area contributed by atoms with Gasteiger partial charge in [-0.2, -0.15) is 0 Å². The lowest BCUT2D eigenvalue weighted by molar-refractivity contribution is -0.153. The van der Waals surface area contributed by atoms with Gasteiger partial charge in [-0.05, 0) is 49.7 Å². The number of ketones is 1. The van der Waals surface area contributed by atoms with E-state index < -0.39 is 29.6 Å². The zero-order valence-corrected chi connectivity index (χ0v) is 16.7. The third-order valence-electron chi connectivity index (χ3n) is 4.07. The molecule has 2 rings (SSSR count). The third kappa shape index (κ3) is 6.95. The Bertz CT molecular complexity index is 899. The number of Topliss-reactive ketones (excluding diaryl/α,β-unsaturated/α-hetero) is 1. The number of benzene rings is 2. The number of hydrogen-bond acceptors (Lipinski definition) is 5. The van der Waals surface area contributed by atoms with Crippen molar-refractivity contribution in [3.63, 3.8) is 0 Å². The number of nitrogens with one attached hydrogen (secondary N) is 1. The summed E-state index contributed by atoms with van der Waals surface area (Å²) in [6.45, 7) is 3.86. The van der Waals surface area contributed by atoms with Gasteiger partial charge >= 0.3 is 5.97 Å². The first-order chi connectivity index (χ1) is 14.3. The number of carbonyl (C=O) groups excluding carboxylic acids is 3. The average molecular weight is 419 g/mol. The van der Waals surface area contributed by atoms with Crippen molar-refractivity contribution in [3.05, 3.63) is 59.7 Å². The summed E-state index contributed by atoms with van der Waals surface area (Å²) >= 11 is 0. The molecule has 0 bridgehead atoms. The zero-order valence-electron chi connectivity index (χ0n) is 16.7. The van der Waals surface area contributed by atoms with E-state index in [1.807, 2.05) is 6.92 Å². The Morgan fingerprint density at radius 1 is 1.03 bits per heavy atom. The fourth-order valence-electron chi connectivity index (χ4n) is 2.45. The van der Waals surface area contributed by atoms with E-state index in [4.69, 9.17) is 9.47 Å². The van der Waals surface area contributed by atoms with E-state index in [0.29, 0.717) is 17.9 Å². The summed E-state index contributed by atoms with van der Waals surface area (Å²) in [6.07, 6.45) is -0.693. The second-order valence-corrected chi connectivity index (χ2v) is 6.54. The van der Waals surface area contributed by atoms with E-state index in [2.05, 4.69) is 5.32 Å². The molecule has 6 nitrogen and oxygen atoms in total. The van der Waals surface area contributed by atoms with Crippen molar-refractivity contribution in [1.82, 2.24) is 0 Å². The minimum absolute atomic E-state index is 0.0964. The fraction of sp³-hybridized carbons (Fsp3) is 0.318. The predicted molar refractivity (Wildman–Crippen MR) is 106 cm³/mol. The molecule has 1 amide bonds. The monoisotopic (exact) mass is 419 g/mol. The van der Waals surface area contributed by atoms with Crippen molar-refractivity contribution < 1.29 is 32.6 Å². The minimum Gasteiger partial charge on any atom is -0.494 e. The van der Waals surface area contributed by atoms with Gasteiger partial charge in [-0.3, -0.25) is 14.4 Å². The highest BCUT2D eigenvalue weighted by Crippen LogP contribution is 2.17. The number of rotatable bonds is 10. The van der Waals surface area contributed by atoms with E-state index in [-0.39, 0.29) is 24.3 Å². The molecule has 160 valence electrons. The van der Waals surface area contributed by atoms with Gasteiger partial charge in [0.2, 0.25) is 0 Å². The molecule has 8 heteroatoms. The lowest BCUT2D eigenvalue weighted by Gasteiger charge is -2.14. The molecule has 0 radical (unpaired) electrons. The second-order valence-electron chi connectivity index (χ2n) is 6.54. The van der Waals surface area contributed by atoms with E-state index in [1.165, 1.54) is 6.92 Å². The molecule has 30 heavy (non-hydrogen) atoms. The molecule has 0 aliphatic rings. The summed E-state index contributed by atoms with van der Waals surface area (Å²) in [5.74, 6) is -2.72. The first-order valence-corrected chi connectivity index (χ1v) is 9.51. The van der Waals surface area contributed by atoms with Crippen molar-refractivity contribution in [2.75, 3.05) is 11.9 Å². The molecule has 0 unspecified atom stereocenters. The van der Waals surface area contributed by atoms with Crippen LogP contribution in [0.4, 0.5) is 14.5 Å². The lowest BCUT2D eigenvalue weighted by atomic mass is 10.1. The highest BCUT2D eigenvalue weighted by molar-refractivity contribution is 5.98. The van der Waals surface area contributed by atoms with E-state index >= 15 is 0 Å². The molecule has 0 fully saturated rings. The number of esters is 1. The van der Waals surface area contributed by atoms with Crippen LogP contribution in [-0.4, -0.2) is 30.4 Å². The lowest BCUT2D eigenvalue weighted by Crippen LogP contribution is -2.30. The molecular formula is C22H23F2NO5. The summed E-state index contributed by atoms with van der Waals surface area (Å²) < 4.78 is 37.1. The van der Waals surface area contributed by atoms with Gasteiger partial charge in [0.05, 0.1) is 18.7 Å². The van der Waals surface area contributed by atoms with Gasteiger partial charge in [0.25, 0.3) is 5.91 Å². The number of carbonyl (C=O) groups is 3. The maximum Gasteiger partial charge on any atom is 0.307 e. The molecule has 2 aromatic carbocycles. The molecule has 0 aliphatic heterocycles. The quantitative estimate of drug-likeness (QED) is 0.459. The maximum absolute atomic E-state index is 13.6. The van der Waals surface area contributed by atoms with Gasteiger partial charge in [-0.1, -0.05) is 6.92 Å². The van der Waals surface area contributed by atoms with Gasteiger partial charge in [0, 0.05) is 18.1 Å². The van der Waals surface area contributed by atoms with Crippen LogP contribution < -0.4 is 10.1 Å². The minimum atomic E-state index is -1.25. The van der Waals surface area contributed by atoms with Crippen molar-refractivity contribution in [3.8, 4) is 5.75 Å². The van der Waals surface area contributed by atoms with Crippen molar-refractivity contribution in [2.45, 2.75) is 39.2 Å². The van der Waals surface area contributed by atoms with Crippen LogP contribution in [0.2, 0.25) is 0 Å². The topological polar surface area (TPSA) is 81.7 Å². The van der Waals surface area contributed by atoms with Crippen molar-refractivity contribution in [2.24, 2.45) is 0 Å². The summed E-state index contributed by atoms with van der Waals surface area (Å²) in [6, 6.07) is 9.19. The van der Waals surface area contributed by atoms with Gasteiger partial charge in [0.1, 0.15) is 17.4 Å². The number of halogens is 2. The predicted octanol–water partition coefficient (Wildman–Crippen LogP) is 4.29. The van der Waals surface area contributed by atoms with Gasteiger partial charge in [-0.15, -0.1) is 0 Å². The molecule has 0 heterocycles. The highest BCUT2D eigenvalue weighted by Gasteiger charge is 2.20. The van der Waals surface area contributed by atoms with Gasteiger partial charge < -0.3 is 14.8 Å². The van der Waals surface area contributed by atoms with Crippen LogP contribution in [0.1, 0.15) is 43.5 Å². The largest absolute Gasteiger partial charge is 0.494 e. The highest BCUT2D eigenvalue weighted by atomic mass is 19.1. The molecular weight excluding hydrogens is 396 g/mol. The standard InChI is InChI=1S/C22H23F2NO5/c1-3-12-29-17-7-4-15(5-8-17)20(26)10-11-21(27)30-14(2)22(28)25-19-13-16(23)6-9-18(19)24/h4-9,13-14H,3,10-12H2,1-2H3,(H,25,28)/t14-/m0/s1. The van der Waals surface area contributed by atoms with E-state index in [1.54, 1.807) is 24.3 Å². The molecule has 0 aromatic heterocycles. The summed E-state index contributed by atoms with van der Waals surface area (Å²) in [4.78, 5) is 36.2. The van der Waals surface area contributed by atoms with E-state index in [9.17, 15) is 23.2 Å². The number of hydrogen-bond donors (Lipinski definition) is 1. The summed E-state index contributed by atoms with van der Waals surface area (Å²) in [5.41, 5.74) is 0.0726. The Morgan fingerprint density at radius 3 is 2.40 bits per heavy atom. The molecule has 0 saturated heterocycles. The van der Waals surface area contributed by atoms with Gasteiger partial charge in [-0.25, -0.2) is 8.78 Å². The normalized spacial score (nSPS) is 11.5. The Kier molecular flexibility index (Phi) is 8.46. The molecule has 1 atom stereocenters. The number of anilines is 1.